The fourth-order valence-corrected chi connectivity index (χ4v) is 3.91. The number of amides is 1. The van der Waals surface area contributed by atoms with Gasteiger partial charge >= 0.3 is 0 Å². The minimum atomic E-state index is -0.0898. The maximum absolute atomic E-state index is 12.5. The molecule has 1 unspecified atom stereocenters. The normalized spacial score (nSPS) is 25.0. The topological polar surface area (TPSA) is 63.7 Å². The van der Waals surface area contributed by atoms with Gasteiger partial charge in [0.15, 0.2) is 0 Å². The van der Waals surface area contributed by atoms with Gasteiger partial charge in [-0.2, -0.15) is 0 Å². The summed E-state index contributed by atoms with van der Waals surface area (Å²) in [7, 11) is 0. The van der Waals surface area contributed by atoms with E-state index in [1.807, 2.05) is 0 Å². The summed E-state index contributed by atoms with van der Waals surface area (Å²) in [5.41, 5.74) is 0.598. The number of carbonyl (C=O) groups is 1. The number of hydrogen-bond donors (Lipinski definition) is 1. The van der Waals surface area contributed by atoms with Crippen LogP contribution in [-0.2, 0) is 4.74 Å². The first-order valence-electron chi connectivity index (χ1n) is 10.0. The van der Waals surface area contributed by atoms with Crippen LogP contribution >= 0.6 is 0 Å². The van der Waals surface area contributed by atoms with Crippen LogP contribution in [0, 0.1) is 0 Å². The number of pyridine rings is 1. The summed E-state index contributed by atoms with van der Waals surface area (Å²) in [6.45, 7) is 3.23. The van der Waals surface area contributed by atoms with Crippen molar-refractivity contribution in [1.82, 2.24) is 15.2 Å². The zero-order chi connectivity index (χ0) is 17.8. The SMILES string of the molecule is O=C(NCC1CN(C2CC2)CCO1)c1ccnc(OC2CCCCC2)c1. The van der Waals surface area contributed by atoms with E-state index in [0.29, 0.717) is 18.0 Å². The molecule has 1 aromatic rings. The van der Waals surface area contributed by atoms with Gasteiger partial charge in [-0.15, -0.1) is 0 Å². The first-order valence-corrected chi connectivity index (χ1v) is 10.0. The molecule has 3 fully saturated rings. The molecule has 4 rings (SSSR count). The highest BCUT2D eigenvalue weighted by Gasteiger charge is 2.33. The molecule has 1 amide bonds. The number of hydrogen-bond acceptors (Lipinski definition) is 5. The molecular weight excluding hydrogens is 330 g/mol. The predicted molar refractivity (Wildman–Crippen MR) is 98.4 cm³/mol. The number of aromatic nitrogens is 1. The molecule has 6 heteroatoms. The Morgan fingerprint density at radius 1 is 1.27 bits per heavy atom. The second-order valence-electron chi connectivity index (χ2n) is 7.69. The van der Waals surface area contributed by atoms with Crippen molar-refractivity contribution < 1.29 is 14.3 Å². The molecule has 2 aliphatic carbocycles. The van der Waals surface area contributed by atoms with Crippen molar-refractivity contribution in [3.8, 4) is 5.88 Å². The number of carbonyl (C=O) groups excluding carboxylic acids is 1. The summed E-state index contributed by atoms with van der Waals surface area (Å²) >= 11 is 0. The third-order valence-corrected chi connectivity index (χ3v) is 5.56. The van der Waals surface area contributed by atoms with Gasteiger partial charge in [-0.25, -0.2) is 4.98 Å². The van der Waals surface area contributed by atoms with Crippen molar-refractivity contribution in [3.63, 3.8) is 0 Å². The summed E-state index contributed by atoms with van der Waals surface area (Å²) in [6.07, 6.45) is 10.4. The highest BCUT2D eigenvalue weighted by atomic mass is 16.5. The maximum Gasteiger partial charge on any atom is 0.251 e. The smallest absolute Gasteiger partial charge is 0.251 e. The second kappa shape index (κ2) is 8.35. The van der Waals surface area contributed by atoms with E-state index in [1.54, 1.807) is 18.3 Å². The summed E-state index contributed by atoms with van der Waals surface area (Å²) in [6, 6.07) is 4.24. The van der Waals surface area contributed by atoms with Crippen LogP contribution in [0.2, 0.25) is 0 Å². The quantitative estimate of drug-likeness (QED) is 0.845. The van der Waals surface area contributed by atoms with E-state index in [2.05, 4.69) is 15.2 Å². The van der Waals surface area contributed by atoms with Gasteiger partial charge in [0.25, 0.3) is 5.91 Å². The lowest BCUT2D eigenvalue weighted by Crippen LogP contribution is -2.48. The number of ether oxygens (including phenoxy) is 2. The van der Waals surface area contributed by atoms with E-state index >= 15 is 0 Å². The molecule has 0 aromatic carbocycles. The number of nitrogens with zero attached hydrogens (tertiary/aromatic N) is 2. The van der Waals surface area contributed by atoms with Gasteiger partial charge in [-0.3, -0.25) is 9.69 Å². The van der Waals surface area contributed by atoms with E-state index < -0.39 is 0 Å². The van der Waals surface area contributed by atoms with E-state index in [0.717, 1.165) is 38.6 Å². The Bertz CT molecular complexity index is 614. The summed E-state index contributed by atoms with van der Waals surface area (Å²) in [4.78, 5) is 19.3. The van der Waals surface area contributed by atoms with Crippen molar-refractivity contribution >= 4 is 5.91 Å². The van der Waals surface area contributed by atoms with Gasteiger partial charge in [-0.1, -0.05) is 6.42 Å². The lowest BCUT2D eigenvalue weighted by Gasteiger charge is -2.33. The first-order chi connectivity index (χ1) is 12.8. The molecule has 6 nitrogen and oxygen atoms in total. The number of morpholine rings is 1. The Hall–Kier alpha value is -1.66. The molecule has 1 aliphatic heterocycles. The average Bonchev–Trinajstić information content (AvgIpc) is 3.53. The zero-order valence-corrected chi connectivity index (χ0v) is 15.4. The van der Waals surface area contributed by atoms with Gasteiger partial charge in [0.1, 0.15) is 6.10 Å². The zero-order valence-electron chi connectivity index (χ0n) is 15.4. The Labute approximate surface area is 155 Å². The van der Waals surface area contributed by atoms with Crippen LogP contribution < -0.4 is 10.1 Å². The lowest BCUT2D eigenvalue weighted by molar-refractivity contribution is -0.0293. The van der Waals surface area contributed by atoms with Crippen molar-refractivity contribution in [3.05, 3.63) is 23.9 Å². The van der Waals surface area contributed by atoms with Crippen LogP contribution in [0.4, 0.5) is 0 Å². The van der Waals surface area contributed by atoms with E-state index in [1.165, 1.54) is 32.1 Å². The molecule has 1 aromatic heterocycles. The average molecular weight is 359 g/mol. The molecule has 142 valence electrons. The molecule has 1 N–H and O–H groups in total. The van der Waals surface area contributed by atoms with Crippen molar-refractivity contribution in [2.75, 3.05) is 26.2 Å². The molecule has 0 radical (unpaired) electrons. The number of nitrogens with one attached hydrogen (secondary N) is 1. The minimum absolute atomic E-state index is 0.0769. The maximum atomic E-state index is 12.5. The summed E-state index contributed by atoms with van der Waals surface area (Å²) in [5, 5.41) is 3.01. The molecule has 2 heterocycles. The highest BCUT2D eigenvalue weighted by Crippen LogP contribution is 2.28. The molecule has 0 bridgehead atoms. The fraction of sp³-hybridized carbons (Fsp3) is 0.700. The number of rotatable bonds is 6. The predicted octanol–water partition coefficient (Wildman–Crippen LogP) is 2.39. The van der Waals surface area contributed by atoms with Gasteiger partial charge in [0.05, 0.1) is 12.7 Å². The van der Waals surface area contributed by atoms with Gasteiger partial charge in [-0.05, 0) is 44.6 Å². The molecule has 26 heavy (non-hydrogen) atoms. The molecule has 1 atom stereocenters. The lowest BCUT2D eigenvalue weighted by atomic mass is 9.98. The Morgan fingerprint density at radius 2 is 2.12 bits per heavy atom. The van der Waals surface area contributed by atoms with Crippen LogP contribution in [0.15, 0.2) is 18.3 Å². The monoisotopic (exact) mass is 359 g/mol. The first kappa shape index (κ1) is 17.7. The minimum Gasteiger partial charge on any atom is -0.474 e. The van der Waals surface area contributed by atoms with Crippen LogP contribution in [-0.4, -0.2) is 60.3 Å². The van der Waals surface area contributed by atoms with Crippen LogP contribution in [0.3, 0.4) is 0 Å². The molecule has 0 spiro atoms. The third-order valence-electron chi connectivity index (χ3n) is 5.56. The largest absolute Gasteiger partial charge is 0.474 e. The summed E-state index contributed by atoms with van der Waals surface area (Å²) < 4.78 is 11.8. The fourth-order valence-electron chi connectivity index (χ4n) is 3.91. The van der Waals surface area contributed by atoms with Gasteiger partial charge < -0.3 is 14.8 Å². The third kappa shape index (κ3) is 4.74. The van der Waals surface area contributed by atoms with E-state index in [-0.39, 0.29) is 18.1 Å². The van der Waals surface area contributed by atoms with Gasteiger partial charge in [0, 0.05) is 43.5 Å². The Balaban J connectivity index is 1.27. The second-order valence-corrected chi connectivity index (χ2v) is 7.69. The Morgan fingerprint density at radius 3 is 2.92 bits per heavy atom. The van der Waals surface area contributed by atoms with Crippen LogP contribution in [0.5, 0.6) is 5.88 Å². The van der Waals surface area contributed by atoms with Crippen LogP contribution in [0.25, 0.3) is 0 Å². The molecular formula is C20H29N3O3. The van der Waals surface area contributed by atoms with Crippen molar-refractivity contribution in [1.29, 1.82) is 0 Å². The van der Waals surface area contributed by atoms with Crippen LogP contribution in [0.1, 0.15) is 55.3 Å². The van der Waals surface area contributed by atoms with Gasteiger partial charge in [0.2, 0.25) is 5.88 Å². The summed E-state index contributed by atoms with van der Waals surface area (Å²) in [5.74, 6) is 0.464. The van der Waals surface area contributed by atoms with Crippen molar-refractivity contribution in [2.24, 2.45) is 0 Å². The standard InChI is InChI=1S/C20H29N3O3/c24-20(22-13-18-14-23(10-11-25-18)16-6-7-16)15-8-9-21-19(12-15)26-17-4-2-1-3-5-17/h8-9,12,16-18H,1-7,10-11,13-14H2,(H,22,24). The molecule has 3 aliphatic rings. The molecule has 1 saturated heterocycles. The highest BCUT2D eigenvalue weighted by molar-refractivity contribution is 5.94. The molecule has 2 saturated carbocycles. The van der Waals surface area contributed by atoms with E-state index in [4.69, 9.17) is 9.47 Å². The van der Waals surface area contributed by atoms with E-state index in [9.17, 15) is 4.79 Å². The Kier molecular flexibility index (Phi) is 5.70. The van der Waals surface area contributed by atoms with Crippen molar-refractivity contribution in [2.45, 2.75) is 63.2 Å².